The maximum atomic E-state index is 12.6. The highest BCUT2D eigenvalue weighted by Gasteiger charge is 2.61. The Morgan fingerprint density at radius 1 is 0.414 bits per heavy atom. The molecule has 4 aromatic carbocycles. The lowest BCUT2D eigenvalue weighted by molar-refractivity contribution is -0.132. The average molecular weight is 1620 g/mol. The van der Waals surface area contributed by atoms with Gasteiger partial charge in [-0.1, -0.05) is 83.1 Å². The van der Waals surface area contributed by atoms with Crippen LogP contribution < -0.4 is 43.2 Å². The van der Waals surface area contributed by atoms with Gasteiger partial charge in [-0.3, -0.25) is 38.4 Å². The summed E-state index contributed by atoms with van der Waals surface area (Å²) in [5.41, 5.74) is 11.8. The Morgan fingerprint density at radius 2 is 0.741 bits per heavy atom. The lowest BCUT2D eigenvalue weighted by atomic mass is 9.43. The number of amides is 8. The summed E-state index contributed by atoms with van der Waals surface area (Å²) < 4.78 is 0. The van der Waals surface area contributed by atoms with Crippen molar-refractivity contribution in [2.75, 3.05) is 6.54 Å². The summed E-state index contributed by atoms with van der Waals surface area (Å²) in [5.74, 6) is -7.35. The van der Waals surface area contributed by atoms with Crippen molar-refractivity contribution in [2.24, 2.45) is 45.8 Å². The maximum absolute atomic E-state index is 12.6. The fourth-order valence-electron chi connectivity index (χ4n) is 14.8. The standard InChI is InChI=1S/C27H36N2O6.C20H28N2O6.C19H26N2O6.C18H24N2O6/c1-17(30)21(10-18-4-6-20(7-5-18)23(32)33)8-9-22(31)29-35-24(34)28-27-13-19-11-25(2,15-27)14-26(3,12-19)16-27;1-13(23)16(11-14-5-7-15(8-6-14)18(25)26)9-10-17(24)22-28-19(27)21-12-20(2,3)4;1-12(22)15(11-13-5-7-14(8-6-13)17(24)25)9-10-16(23)21-27-18(26)20-19(2,3)4;1-11(2)19-18(25)26-20-16(22)8-7-14(12(3)21)9-13-5-4-6-15(10-13)17(23)24/h4-7,19,21H,8-16H2,1-3H3,(H,28,34)(H,29,31)(H,32,33);5-8,16H,9-12H2,1-4H3,(H,21,27)(H,22,24)(H,25,26);5-8,15H,9-11H2,1-4H3,(H,20,26)(H,21,23)(H,24,25);4-6,10-11,14H,7-9H2,1-3H3,(H,19,25)(H,20,22)(H,23,24). The van der Waals surface area contributed by atoms with E-state index >= 15 is 0 Å². The topological polar surface area (TPSA) is 487 Å². The molecule has 32 heteroatoms. The number of carbonyl (C=O) groups is 16. The Kier molecular flexibility index (Phi) is 37.5. The fraction of sp³-hybridized carbons (Fsp3) is 0.524. The highest BCUT2D eigenvalue weighted by molar-refractivity contribution is 5.90. The van der Waals surface area contributed by atoms with Crippen LogP contribution in [0.1, 0.15) is 251 Å². The SMILES string of the molecule is CC(=O)C(CCC(=O)NOC(=O)NC(C)(C)C)Cc1ccc(C(=O)O)cc1.CC(=O)C(CCC(=O)NOC(=O)NC(C)C)Cc1cccc(C(=O)O)c1.CC(=O)C(CCC(=O)NOC(=O)NC12CC3CC(C)(CC(C)(C3)C1)C2)Cc1ccc(C(=O)O)cc1.CC(=O)C(CCC(=O)NOC(=O)NCC(C)(C)C)Cc1ccc(C(=O)O)cc1. The summed E-state index contributed by atoms with van der Waals surface area (Å²) in [6, 6.07) is 25.1. The molecule has 0 heterocycles. The molecular formula is C84H114N8O24. The van der Waals surface area contributed by atoms with E-state index < -0.39 is 101 Å². The number of carboxylic acid groups (broad SMARTS) is 4. The van der Waals surface area contributed by atoms with Gasteiger partial charge in [-0.2, -0.15) is 21.9 Å². The van der Waals surface area contributed by atoms with E-state index in [1.54, 1.807) is 83.1 Å². The third-order valence-electron chi connectivity index (χ3n) is 19.6. The Balaban J connectivity index is 0.000000328. The maximum Gasteiger partial charge on any atom is 0.431 e. The minimum atomic E-state index is -1.04. The fourth-order valence-corrected chi connectivity index (χ4v) is 14.8. The first kappa shape index (κ1) is 96.8. The van der Waals surface area contributed by atoms with Crippen LogP contribution in [-0.2, 0) is 83.4 Å². The normalized spacial score (nSPS) is 17.8. The van der Waals surface area contributed by atoms with E-state index in [0.29, 0.717) is 50.1 Å². The molecule has 634 valence electrons. The third kappa shape index (κ3) is 36.7. The number of benzene rings is 4. The summed E-state index contributed by atoms with van der Waals surface area (Å²) in [6.45, 7) is 25.5. The predicted molar refractivity (Wildman–Crippen MR) is 422 cm³/mol. The van der Waals surface area contributed by atoms with Crippen molar-refractivity contribution in [1.82, 2.24) is 43.2 Å². The minimum absolute atomic E-state index is 0.00216. The number of carboxylic acids is 4. The highest BCUT2D eigenvalue weighted by Crippen LogP contribution is 2.66. The van der Waals surface area contributed by atoms with Crippen LogP contribution in [0, 0.1) is 45.8 Å². The van der Waals surface area contributed by atoms with E-state index in [4.69, 9.17) is 25.3 Å². The van der Waals surface area contributed by atoms with Crippen molar-refractivity contribution in [1.29, 1.82) is 0 Å². The van der Waals surface area contributed by atoms with E-state index in [-0.39, 0.29) is 118 Å². The number of rotatable bonds is 31. The zero-order valence-corrected chi connectivity index (χ0v) is 68.6. The second-order valence-electron chi connectivity index (χ2n) is 33.5. The molecule has 4 saturated carbocycles. The first-order chi connectivity index (χ1) is 54.0. The van der Waals surface area contributed by atoms with Crippen LogP contribution in [0.3, 0.4) is 0 Å². The lowest BCUT2D eigenvalue weighted by Gasteiger charge is -2.65. The van der Waals surface area contributed by atoms with E-state index in [1.165, 1.54) is 95.5 Å². The number of aromatic carboxylic acids is 4. The van der Waals surface area contributed by atoms with Gasteiger partial charge in [0.2, 0.25) is 0 Å². The van der Waals surface area contributed by atoms with Gasteiger partial charge in [0.15, 0.2) is 0 Å². The molecule has 4 bridgehead atoms. The molecule has 8 rings (SSSR count). The minimum Gasteiger partial charge on any atom is -0.478 e. The molecule has 0 saturated heterocycles. The molecule has 0 aromatic heterocycles. The van der Waals surface area contributed by atoms with Crippen molar-refractivity contribution in [3.05, 3.63) is 142 Å². The molecule has 0 radical (unpaired) electrons. The smallest absolute Gasteiger partial charge is 0.431 e. The van der Waals surface area contributed by atoms with Crippen molar-refractivity contribution in [3.8, 4) is 0 Å². The number of hydroxylamine groups is 4. The Labute approximate surface area is 675 Å². The van der Waals surface area contributed by atoms with Gasteiger partial charge < -0.3 is 61.0 Å². The number of hydrogen-bond acceptors (Lipinski definition) is 20. The summed E-state index contributed by atoms with van der Waals surface area (Å²) in [4.78, 5) is 205. The van der Waals surface area contributed by atoms with Crippen LogP contribution in [-0.4, -0.2) is 139 Å². The third-order valence-corrected chi connectivity index (χ3v) is 19.6. The second kappa shape index (κ2) is 44.9. The first-order valence-corrected chi connectivity index (χ1v) is 38.4. The molecular weight excluding hydrogens is 1500 g/mol. The Bertz CT molecular complexity index is 4110. The number of Topliss-reactive ketones (excluding diaryl/α,β-unsaturated/α-hetero) is 4. The number of hydrogen-bond donors (Lipinski definition) is 12. The van der Waals surface area contributed by atoms with E-state index in [0.717, 1.165) is 36.0 Å². The molecule has 4 aliphatic carbocycles. The molecule has 6 atom stereocenters. The zero-order chi connectivity index (χ0) is 87.1. The van der Waals surface area contributed by atoms with Gasteiger partial charge in [-0.05, 0) is 245 Å². The van der Waals surface area contributed by atoms with Crippen molar-refractivity contribution < 1.29 is 116 Å². The molecule has 12 N–H and O–H groups in total. The van der Waals surface area contributed by atoms with Gasteiger partial charge in [0.05, 0.1) is 22.3 Å². The quantitative estimate of drug-likeness (QED) is 0.0164. The monoisotopic (exact) mass is 1620 g/mol. The molecule has 4 aromatic rings. The van der Waals surface area contributed by atoms with E-state index in [2.05, 4.69) is 66.1 Å². The Morgan fingerprint density at radius 3 is 1.05 bits per heavy atom. The van der Waals surface area contributed by atoms with E-state index in [9.17, 15) is 76.7 Å². The van der Waals surface area contributed by atoms with Crippen LogP contribution in [0.5, 0.6) is 0 Å². The number of ketones is 4. The molecule has 32 nitrogen and oxygen atoms in total. The second-order valence-corrected chi connectivity index (χ2v) is 33.5. The van der Waals surface area contributed by atoms with Crippen LogP contribution in [0.4, 0.5) is 19.2 Å². The van der Waals surface area contributed by atoms with Crippen molar-refractivity contribution in [2.45, 2.75) is 230 Å². The summed E-state index contributed by atoms with van der Waals surface area (Å²) >= 11 is 0. The molecule has 0 spiro atoms. The predicted octanol–water partition coefficient (Wildman–Crippen LogP) is 11.7. The largest absolute Gasteiger partial charge is 0.478 e. The summed E-state index contributed by atoms with van der Waals surface area (Å²) in [6.07, 6.45) is 6.33. The molecule has 4 fully saturated rings. The first-order valence-electron chi connectivity index (χ1n) is 38.4. The van der Waals surface area contributed by atoms with Gasteiger partial charge in [-0.25, -0.2) is 38.4 Å². The molecule has 8 amide bonds. The molecule has 6 unspecified atom stereocenters. The highest BCUT2D eigenvalue weighted by atomic mass is 16.7. The van der Waals surface area contributed by atoms with Crippen molar-refractivity contribution in [3.63, 3.8) is 0 Å². The Hall–Kier alpha value is -11.6. The van der Waals surface area contributed by atoms with Crippen LogP contribution in [0.2, 0.25) is 0 Å². The molecule has 4 aliphatic rings. The van der Waals surface area contributed by atoms with Gasteiger partial charge >= 0.3 is 48.3 Å². The average Bonchev–Trinajstić information content (AvgIpc) is 0.711. The summed E-state index contributed by atoms with van der Waals surface area (Å²) in [5, 5.41) is 46.5. The van der Waals surface area contributed by atoms with Gasteiger partial charge in [-0.15, -0.1) is 0 Å². The number of nitrogens with one attached hydrogen (secondary N) is 8. The van der Waals surface area contributed by atoms with Gasteiger partial charge in [0.1, 0.15) is 23.1 Å². The van der Waals surface area contributed by atoms with Crippen molar-refractivity contribution >= 4 is 95.0 Å². The van der Waals surface area contributed by atoms with Crippen LogP contribution in [0.25, 0.3) is 0 Å². The van der Waals surface area contributed by atoms with Gasteiger partial charge in [0, 0.05) is 73.0 Å². The zero-order valence-electron chi connectivity index (χ0n) is 68.6. The van der Waals surface area contributed by atoms with Crippen LogP contribution in [0.15, 0.2) is 97.1 Å². The molecule has 0 aliphatic heterocycles. The molecule has 116 heavy (non-hydrogen) atoms. The van der Waals surface area contributed by atoms with E-state index in [1.807, 2.05) is 26.3 Å². The summed E-state index contributed by atoms with van der Waals surface area (Å²) in [7, 11) is 0. The lowest BCUT2D eigenvalue weighted by Crippen LogP contribution is -2.65. The van der Waals surface area contributed by atoms with Gasteiger partial charge in [0.25, 0.3) is 23.6 Å². The number of carbonyl (C=O) groups excluding carboxylic acids is 12. The van der Waals surface area contributed by atoms with Crippen LogP contribution >= 0.6 is 0 Å².